The summed E-state index contributed by atoms with van der Waals surface area (Å²) in [4.78, 5) is 21.9. The Balaban J connectivity index is 1.46. The number of fused-ring (bicyclic) bond motifs is 1. The van der Waals surface area contributed by atoms with Gasteiger partial charge in [0.05, 0.1) is 16.8 Å². The van der Waals surface area contributed by atoms with Gasteiger partial charge in [0.25, 0.3) is 0 Å². The monoisotopic (exact) mass is 410 g/mol. The van der Waals surface area contributed by atoms with Crippen molar-refractivity contribution in [1.82, 2.24) is 15.3 Å². The molecular weight excluding hydrogens is 387 g/mol. The lowest BCUT2D eigenvalue weighted by atomic mass is 10.1. The molecular formula is C22H23FN4OS. The highest BCUT2D eigenvalue weighted by Crippen LogP contribution is 2.31. The Bertz CT molecular complexity index is 1020. The largest absolute Gasteiger partial charge is 0.367 e. The molecule has 29 heavy (non-hydrogen) atoms. The van der Waals surface area contributed by atoms with Crippen molar-refractivity contribution in [2.24, 2.45) is 0 Å². The fourth-order valence-corrected chi connectivity index (χ4v) is 3.80. The van der Waals surface area contributed by atoms with Crippen molar-refractivity contribution in [3.63, 3.8) is 0 Å². The number of carbonyl (C=O) groups is 1. The average molecular weight is 411 g/mol. The van der Waals surface area contributed by atoms with Crippen LogP contribution in [0.3, 0.4) is 0 Å². The highest BCUT2D eigenvalue weighted by molar-refractivity contribution is 8.00. The number of thioether (sulfide) groups is 1. The van der Waals surface area contributed by atoms with Crippen LogP contribution in [0.25, 0.3) is 10.9 Å². The third-order valence-electron chi connectivity index (χ3n) is 4.88. The summed E-state index contributed by atoms with van der Waals surface area (Å²) < 4.78 is 13.1. The molecule has 5 nitrogen and oxygen atoms in total. The van der Waals surface area contributed by atoms with Crippen molar-refractivity contribution in [3.05, 3.63) is 59.9 Å². The van der Waals surface area contributed by atoms with Crippen molar-refractivity contribution in [3.8, 4) is 0 Å². The minimum Gasteiger partial charge on any atom is -0.367 e. The fraction of sp³-hybridized carbons (Fsp3) is 0.318. The molecule has 150 valence electrons. The second-order valence-electron chi connectivity index (χ2n) is 7.33. The molecule has 2 unspecified atom stereocenters. The van der Waals surface area contributed by atoms with Gasteiger partial charge in [-0.25, -0.2) is 14.4 Å². The summed E-state index contributed by atoms with van der Waals surface area (Å²) in [5.74, 6) is 0.424. The van der Waals surface area contributed by atoms with Crippen molar-refractivity contribution >= 4 is 34.4 Å². The number of hydrogen-bond donors (Lipinski definition) is 2. The molecule has 0 aliphatic heterocycles. The topological polar surface area (TPSA) is 66.9 Å². The number of nitrogens with one attached hydrogen (secondary N) is 2. The summed E-state index contributed by atoms with van der Waals surface area (Å²) in [5, 5.41) is 7.64. The highest BCUT2D eigenvalue weighted by atomic mass is 32.2. The molecule has 1 heterocycles. The van der Waals surface area contributed by atoms with Crippen LogP contribution in [0.2, 0.25) is 0 Å². The summed E-state index contributed by atoms with van der Waals surface area (Å²) in [6.07, 6.45) is 2.31. The van der Waals surface area contributed by atoms with Gasteiger partial charge in [0.1, 0.15) is 11.6 Å². The number of para-hydroxylation sites is 1. The summed E-state index contributed by atoms with van der Waals surface area (Å²) in [7, 11) is 0. The molecule has 1 aliphatic rings. The molecule has 2 aromatic carbocycles. The summed E-state index contributed by atoms with van der Waals surface area (Å²) in [6, 6.07) is 14.3. The van der Waals surface area contributed by atoms with Crippen LogP contribution < -0.4 is 10.6 Å². The van der Waals surface area contributed by atoms with Crippen molar-refractivity contribution < 1.29 is 9.18 Å². The molecule has 2 N–H and O–H groups in total. The zero-order chi connectivity index (χ0) is 20.4. The number of hydrogen-bond acceptors (Lipinski definition) is 5. The van der Waals surface area contributed by atoms with E-state index < -0.39 is 0 Å². The number of nitrogens with zero attached hydrogens (tertiary/aromatic N) is 2. The predicted octanol–water partition coefficient (Wildman–Crippen LogP) is 4.70. The average Bonchev–Trinajstić information content (AvgIpc) is 3.52. The van der Waals surface area contributed by atoms with E-state index in [1.807, 2.05) is 38.1 Å². The predicted molar refractivity (Wildman–Crippen MR) is 114 cm³/mol. The van der Waals surface area contributed by atoms with E-state index in [9.17, 15) is 9.18 Å². The van der Waals surface area contributed by atoms with Crippen LogP contribution in [-0.2, 0) is 4.79 Å². The second kappa shape index (κ2) is 8.37. The highest BCUT2D eigenvalue weighted by Gasteiger charge is 2.24. The molecule has 1 aromatic heterocycles. The number of anilines is 1. The molecule has 1 aliphatic carbocycles. The van der Waals surface area contributed by atoms with E-state index in [0.717, 1.165) is 35.1 Å². The van der Waals surface area contributed by atoms with Gasteiger partial charge < -0.3 is 10.6 Å². The smallest absolute Gasteiger partial charge is 0.233 e. The Morgan fingerprint density at radius 2 is 1.83 bits per heavy atom. The van der Waals surface area contributed by atoms with Gasteiger partial charge in [-0.05, 0) is 56.5 Å². The minimum absolute atomic E-state index is 0.111. The van der Waals surface area contributed by atoms with Gasteiger partial charge in [-0.1, -0.05) is 36.0 Å². The van der Waals surface area contributed by atoms with Gasteiger partial charge in [0.15, 0.2) is 5.16 Å². The number of aromatic nitrogens is 2. The van der Waals surface area contributed by atoms with Gasteiger partial charge in [-0.2, -0.15) is 0 Å². The first-order valence-electron chi connectivity index (χ1n) is 9.75. The SMILES string of the molecule is CC(Sc1nc(NC2CC2)c2ccccc2n1)C(=O)NC(C)c1ccc(F)cc1. The van der Waals surface area contributed by atoms with Crippen LogP contribution in [0.4, 0.5) is 10.2 Å². The molecule has 1 saturated carbocycles. The zero-order valence-corrected chi connectivity index (χ0v) is 17.2. The van der Waals surface area contributed by atoms with E-state index in [2.05, 4.69) is 20.6 Å². The third-order valence-corrected chi connectivity index (χ3v) is 5.84. The molecule has 0 bridgehead atoms. The van der Waals surface area contributed by atoms with E-state index in [-0.39, 0.29) is 23.0 Å². The molecule has 0 saturated heterocycles. The summed E-state index contributed by atoms with van der Waals surface area (Å²) in [5.41, 5.74) is 1.72. The quantitative estimate of drug-likeness (QED) is 0.436. The van der Waals surface area contributed by atoms with E-state index in [0.29, 0.717) is 11.2 Å². The minimum atomic E-state index is -0.368. The van der Waals surface area contributed by atoms with Gasteiger partial charge in [-0.15, -0.1) is 0 Å². The van der Waals surface area contributed by atoms with Gasteiger partial charge in [-0.3, -0.25) is 4.79 Å². The van der Waals surface area contributed by atoms with Crippen LogP contribution >= 0.6 is 11.8 Å². The Kier molecular flexibility index (Phi) is 5.67. The van der Waals surface area contributed by atoms with E-state index in [1.165, 1.54) is 23.9 Å². The van der Waals surface area contributed by atoms with Crippen LogP contribution in [-0.4, -0.2) is 27.2 Å². The van der Waals surface area contributed by atoms with Crippen molar-refractivity contribution in [2.75, 3.05) is 5.32 Å². The fourth-order valence-electron chi connectivity index (χ4n) is 3.02. The van der Waals surface area contributed by atoms with Gasteiger partial charge in [0, 0.05) is 11.4 Å². The van der Waals surface area contributed by atoms with Crippen LogP contribution in [0.15, 0.2) is 53.7 Å². The van der Waals surface area contributed by atoms with E-state index in [4.69, 9.17) is 0 Å². The molecule has 7 heteroatoms. The molecule has 3 aromatic rings. The maximum absolute atomic E-state index is 13.1. The zero-order valence-electron chi connectivity index (χ0n) is 16.4. The molecule has 4 rings (SSSR count). The lowest BCUT2D eigenvalue weighted by Gasteiger charge is -2.18. The molecule has 2 atom stereocenters. The number of amides is 1. The number of rotatable bonds is 7. The van der Waals surface area contributed by atoms with Crippen LogP contribution in [0, 0.1) is 5.82 Å². The first kappa shape index (κ1) is 19.6. The molecule has 1 fully saturated rings. The van der Waals surface area contributed by atoms with Crippen molar-refractivity contribution in [1.29, 1.82) is 0 Å². The second-order valence-corrected chi connectivity index (χ2v) is 8.64. The number of benzene rings is 2. The van der Waals surface area contributed by atoms with E-state index >= 15 is 0 Å². The summed E-state index contributed by atoms with van der Waals surface area (Å²) >= 11 is 1.33. The third kappa shape index (κ3) is 4.85. The Morgan fingerprint density at radius 1 is 1.10 bits per heavy atom. The van der Waals surface area contributed by atoms with E-state index in [1.54, 1.807) is 12.1 Å². The first-order chi connectivity index (χ1) is 14.0. The normalized spacial score (nSPS) is 15.7. The van der Waals surface area contributed by atoms with Crippen LogP contribution in [0.5, 0.6) is 0 Å². The maximum atomic E-state index is 13.1. The van der Waals surface area contributed by atoms with Crippen LogP contribution in [0.1, 0.15) is 38.3 Å². The Hall–Kier alpha value is -2.67. The lowest BCUT2D eigenvalue weighted by molar-refractivity contribution is -0.120. The van der Waals surface area contributed by atoms with Gasteiger partial charge >= 0.3 is 0 Å². The molecule has 0 spiro atoms. The standard InChI is InChI=1S/C22H23FN4OS/c1-13(15-7-9-16(23)10-8-15)24-21(28)14(2)29-22-26-19-6-4-3-5-18(19)20(27-22)25-17-11-12-17/h3-10,13-14,17H,11-12H2,1-2H3,(H,24,28)(H,25,26,27). The van der Waals surface area contributed by atoms with Gasteiger partial charge in [0.2, 0.25) is 5.91 Å². The number of carbonyl (C=O) groups excluding carboxylic acids is 1. The Labute approximate surface area is 173 Å². The number of halogens is 1. The van der Waals surface area contributed by atoms with Crippen molar-refractivity contribution in [2.45, 2.75) is 49.2 Å². The first-order valence-corrected chi connectivity index (χ1v) is 10.6. The molecule has 1 amide bonds. The summed E-state index contributed by atoms with van der Waals surface area (Å²) in [6.45, 7) is 3.72. The molecule has 0 radical (unpaired) electrons. The maximum Gasteiger partial charge on any atom is 0.233 e. The Morgan fingerprint density at radius 3 is 2.55 bits per heavy atom. The lowest BCUT2D eigenvalue weighted by Crippen LogP contribution is -2.33.